The number of aromatic amines is 1. The van der Waals surface area contributed by atoms with Gasteiger partial charge >= 0.3 is 0 Å². The van der Waals surface area contributed by atoms with Gasteiger partial charge in [0.2, 0.25) is 0 Å². The third-order valence-electron chi connectivity index (χ3n) is 6.65. The molecule has 4 aromatic rings. The molecule has 5 rings (SSSR count). The molecule has 2 atom stereocenters. The van der Waals surface area contributed by atoms with Gasteiger partial charge in [0.15, 0.2) is 11.2 Å². The van der Waals surface area contributed by atoms with Crippen LogP contribution in [-0.4, -0.2) is 41.8 Å². The van der Waals surface area contributed by atoms with Crippen LogP contribution in [0.2, 0.25) is 0 Å². The molecule has 8 heteroatoms. The number of ether oxygens (including phenoxy) is 1. The van der Waals surface area contributed by atoms with E-state index < -0.39 is 5.82 Å². The Morgan fingerprint density at radius 2 is 1.88 bits per heavy atom. The number of hydrogen-bond donors (Lipinski definition) is 2. The number of nitrogens with one attached hydrogen (secondary N) is 2. The van der Waals surface area contributed by atoms with Crippen molar-refractivity contribution in [2.24, 2.45) is 0 Å². The molecule has 0 aliphatic carbocycles. The fourth-order valence-electron chi connectivity index (χ4n) is 5.40. The van der Waals surface area contributed by atoms with Crippen molar-refractivity contribution in [3.8, 4) is 11.8 Å². The summed E-state index contributed by atoms with van der Waals surface area (Å²) in [7, 11) is 1.51. The number of benzene rings is 2. The van der Waals surface area contributed by atoms with Gasteiger partial charge in [-0.3, -0.25) is 4.79 Å². The van der Waals surface area contributed by atoms with Crippen molar-refractivity contribution in [2.45, 2.75) is 45.8 Å². The third kappa shape index (κ3) is 3.23. The zero-order valence-corrected chi connectivity index (χ0v) is 20.0. The van der Waals surface area contributed by atoms with Crippen molar-refractivity contribution in [2.75, 3.05) is 25.1 Å². The molecule has 2 aromatic heterocycles. The summed E-state index contributed by atoms with van der Waals surface area (Å²) >= 11 is 0. The highest BCUT2D eigenvalue weighted by Gasteiger charge is 2.30. The molecule has 0 spiro atoms. The van der Waals surface area contributed by atoms with E-state index in [2.05, 4.69) is 30.2 Å². The Morgan fingerprint density at radius 3 is 2.50 bits per heavy atom. The Bertz CT molecular complexity index is 1540. The van der Waals surface area contributed by atoms with Crippen molar-refractivity contribution in [3.63, 3.8) is 0 Å². The molecule has 0 saturated carbocycles. The Morgan fingerprint density at radius 1 is 1.18 bits per heavy atom. The summed E-state index contributed by atoms with van der Waals surface area (Å²) in [5.41, 5.74) is 2.09. The zero-order valence-electron chi connectivity index (χ0n) is 20.0. The van der Waals surface area contributed by atoms with Gasteiger partial charge in [0.1, 0.15) is 17.1 Å². The Labute approximate surface area is 196 Å². The van der Waals surface area contributed by atoms with Crippen LogP contribution in [0, 0.1) is 17.1 Å². The molecule has 0 bridgehead atoms. The number of H-pyrrole nitrogens is 1. The zero-order chi connectivity index (χ0) is 24.3. The molecule has 34 heavy (non-hydrogen) atoms. The number of pyridine rings is 1. The minimum Gasteiger partial charge on any atom is -0.494 e. The number of hydrogen-bond acceptors (Lipinski definition) is 5. The summed E-state index contributed by atoms with van der Waals surface area (Å²) in [4.78, 5) is 19.1. The first-order chi connectivity index (χ1) is 16.2. The first-order valence-electron chi connectivity index (χ1n) is 11.6. The quantitative estimate of drug-likeness (QED) is 0.472. The fraction of sp³-hybridized carbons (Fsp3) is 0.385. The molecule has 3 heterocycles. The number of aromatic nitrogens is 2. The number of rotatable bonds is 3. The lowest BCUT2D eigenvalue weighted by molar-refractivity contribution is 0.386. The lowest BCUT2D eigenvalue weighted by Gasteiger charge is -2.38. The van der Waals surface area contributed by atoms with Gasteiger partial charge in [-0.25, -0.2) is 4.39 Å². The van der Waals surface area contributed by atoms with Crippen LogP contribution < -0.4 is 20.4 Å². The lowest BCUT2D eigenvalue weighted by Crippen LogP contribution is -2.54. The summed E-state index contributed by atoms with van der Waals surface area (Å²) in [6.07, 6.45) is 0. The van der Waals surface area contributed by atoms with Crippen LogP contribution in [0.4, 0.5) is 10.1 Å². The smallest absolute Gasteiger partial charge is 0.199 e. The van der Waals surface area contributed by atoms with E-state index in [1.807, 2.05) is 23.3 Å². The number of halogens is 1. The highest BCUT2D eigenvalue weighted by molar-refractivity contribution is 6.10. The molecule has 2 unspecified atom stereocenters. The van der Waals surface area contributed by atoms with Crippen LogP contribution in [0.15, 0.2) is 29.1 Å². The maximum atomic E-state index is 16.5. The minimum atomic E-state index is -0.459. The van der Waals surface area contributed by atoms with Gasteiger partial charge in [0.05, 0.1) is 35.0 Å². The first kappa shape index (κ1) is 22.2. The van der Waals surface area contributed by atoms with Crippen molar-refractivity contribution >= 4 is 38.5 Å². The average molecular weight is 462 g/mol. The summed E-state index contributed by atoms with van der Waals surface area (Å²) in [5.74, 6) is -0.107. The van der Waals surface area contributed by atoms with E-state index >= 15 is 4.39 Å². The molecule has 0 amide bonds. The fourth-order valence-corrected chi connectivity index (χ4v) is 5.40. The molecule has 1 fully saturated rings. The van der Waals surface area contributed by atoms with Crippen molar-refractivity contribution < 1.29 is 9.13 Å². The second-order valence-corrected chi connectivity index (χ2v) is 9.52. The summed E-state index contributed by atoms with van der Waals surface area (Å²) < 4.78 is 24.0. The van der Waals surface area contributed by atoms with Crippen molar-refractivity contribution in [1.29, 1.82) is 5.26 Å². The molecule has 1 aliphatic heterocycles. The highest BCUT2D eigenvalue weighted by atomic mass is 19.1. The number of methoxy groups -OCH3 is 1. The van der Waals surface area contributed by atoms with Gasteiger partial charge in [0, 0.05) is 42.1 Å². The molecule has 176 valence electrons. The van der Waals surface area contributed by atoms with Gasteiger partial charge in [-0.2, -0.15) is 5.26 Å². The van der Waals surface area contributed by atoms with Gasteiger partial charge in [-0.1, -0.05) is 6.07 Å². The lowest BCUT2D eigenvalue weighted by atomic mass is 10.0. The number of anilines is 1. The molecule has 1 aliphatic rings. The predicted molar refractivity (Wildman–Crippen MR) is 133 cm³/mol. The second-order valence-electron chi connectivity index (χ2n) is 9.52. The SMILES string of the molecule is COc1cc2c(=O)c3c4ccc(C#N)cc4[nH]c3n(C(C)C)c2c(F)c1N1CC(C)NC(C)C1. The van der Waals surface area contributed by atoms with Crippen LogP contribution in [0.5, 0.6) is 5.75 Å². The summed E-state index contributed by atoms with van der Waals surface area (Å²) in [5, 5.41) is 14.3. The molecular formula is C26H28FN5O2. The number of nitriles is 1. The normalized spacial score (nSPS) is 18.8. The van der Waals surface area contributed by atoms with E-state index in [9.17, 15) is 10.1 Å². The van der Waals surface area contributed by atoms with E-state index in [1.54, 1.807) is 24.3 Å². The first-order valence-corrected chi connectivity index (χ1v) is 11.6. The number of fused-ring (bicyclic) bond motifs is 4. The van der Waals surface area contributed by atoms with Crippen LogP contribution in [0.1, 0.15) is 39.3 Å². The molecule has 7 nitrogen and oxygen atoms in total. The van der Waals surface area contributed by atoms with E-state index in [0.717, 1.165) is 0 Å². The van der Waals surface area contributed by atoms with Crippen LogP contribution in [0.3, 0.4) is 0 Å². The Kier molecular flexibility index (Phi) is 5.25. The molecule has 2 N–H and O–H groups in total. The summed E-state index contributed by atoms with van der Waals surface area (Å²) in [6.45, 7) is 9.33. The van der Waals surface area contributed by atoms with E-state index in [1.165, 1.54) is 7.11 Å². The van der Waals surface area contributed by atoms with Gasteiger partial charge in [-0.15, -0.1) is 0 Å². The largest absolute Gasteiger partial charge is 0.494 e. The van der Waals surface area contributed by atoms with Crippen LogP contribution in [-0.2, 0) is 0 Å². The van der Waals surface area contributed by atoms with Gasteiger partial charge < -0.3 is 24.5 Å². The Hall–Kier alpha value is -3.57. The maximum Gasteiger partial charge on any atom is 0.199 e. The van der Waals surface area contributed by atoms with E-state index in [-0.39, 0.29) is 34.5 Å². The maximum absolute atomic E-state index is 16.5. The summed E-state index contributed by atoms with van der Waals surface area (Å²) in [6, 6.07) is 9.22. The monoisotopic (exact) mass is 461 g/mol. The van der Waals surface area contributed by atoms with Gasteiger partial charge in [-0.05, 0) is 45.9 Å². The van der Waals surface area contributed by atoms with Gasteiger partial charge in [0.25, 0.3) is 0 Å². The van der Waals surface area contributed by atoms with Crippen molar-refractivity contribution in [3.05, 3.63) is 45.9 Å². The topological polar surface area (TPSA) is 86.1 Å². The number of piperazine rings is 1. The molecule has 2 aromatic carbocycles. The third-order valence-corrected chi connectivity index (χ3v) is 6.65. The Balaban J connectivity index is 1.92. The minimum absolute atomic E-state index is 0.134. The second kappa shape index (κ2) is 8.03. The molecule has 1 saturated heterocycles. The van der Waals surface area contributed by atoms with Crippen LogP contribution in [0.25, 0.3) is 32.8 Å². The predicted octanol–water partition coefficient (Wildman–Crippen LogP) is 4.42. The number of nitrogens with zero attached hydrogens (tertiary/aromatic N) is 3. The average Bonchev–Trinajstić information content (AvgIpc) is 3.16. The van der Waals surface area contributed by atoms with E-state index in [4.69, 9.17) is 4.74 Å². The van der Waals surface area contributed by atoms with E-state index in [0.29, 0.717) is 52.0 Å². The van der Waals surface area contributed by atoms with Crippen molar-refractivity contribution in [1.82, 2.24) is 14.9 Å². The standard InChI is InChI=1S/C26H28FN5O2/c1-13(2)32-23-18(25(33)21-17-7-6-16(10-28)8-19(17)30-26(21)32)9-20(34-5)24(22(23)27)31-11-14(3)29-15(4)12-31/h6-9,13-15,29-30H,11-12H2,1-5H3. The van der Waals surface area contributed by atoms with Crippen LogP contribution >= 0.6 is 0 Å². The molecule has 0 radical (unpaired) electrons. The molecular weight excluding hydrogens is 433 g/mol. The highest BCUT2D eigenvalue weighted by Crippen LogP contribution is 2.39.